The number of amides is 1. The second-order valence-electron chi connectivity index (χ2n) is 5.79. The molecule has 0 radical (unpaired) electrons. The van der Waals surface area contributed by atoms with Crippen LogP contribution >= 0.6 is 0 Å². The summed E-state index contributed by atoms with van der Waals surface area (Å²) in [6.07, 6.45) is 0.619. The summed E-state index contributed by atoms with van der Waals surface area (Å²) in [7, 11) is 0. The molecule has 0 fully saturated rings. The Hall–Kier alpha value is -1.84. The van der Waals surface area contributed by atoms with Crippen molar-refractivity contribution in [3.05, 3.63) is 34.9 Å². The smallest absolute Gasteiger partial charge is 0.335 e. The first-order chi connectivity index (χ1) is 9.41. The summed E-state index contributed by atoms with van der Waals surface area (Å²) in [5.74, 6) is -0.419. The summed E-state index contributed by atoms with van der Waals surface area (Å²) in [4.78, 5) is 25.4. The van der Waals surface area contributed by atoms with Crippen molar-refractivity contribution >= 4 is 11.9 Å². The predicted octanol–water partition coefficient (Wildman–Crippen LogP) is 2.56. The predicted molar refractivity (Wildman–Crippen MR) is 76.5 cm³/mol. The number of fused-ring (bicyclic) bond motifs is 1. The lowest BCUT2D eigenvalue weighted by atomic mass is 9.92. The molecule has 20 heavy (non-hydrogen) atoms. The normalized spacial score (nSPS) is 15.9. The number of nitrogens with zero attached hydrogens (tertiary/aromatic N) is 1. The van der Waals surface area contributed by atoms with Gasteiger partial charge < -0.3 is 10.0 Å². The minimum Gasteiger partial charge on any atom is -0.478 e. The third-order valence-corrected chi connectivity index (χ3v) is 4.20. The van der Waals surface area contributed by atoms with Crippen molar-refractivity contribution in [2.75, 3.05) is 6.54 Å². The average Bonchev–Trinajstić information content (AvgIpc) is 2.44. The number of hydrogen-bond acceptors (Lipinski definition) is 2. The summed E-state index contributed by atoms with van der Waals surface area (Å²) in [5, 5.41) is 9.20. The topological polar surface area (TPSA) is 57.6 Å². The largest absolute Gasteiger partial charge is 0.478 e. The van der Waals surface area contributed by atoms with E-state index in [-0.39, 0.29) is 11.8 Å². The highest BCUT2D eigenvalue weighted by Crippen LogP contribution is 2.25. The molecule has 0 aromatic heterocycles. The van der Waals surface area contributed by atoms with Crippen molar-refractivity contribution in [1.29, 1.82) is 0 Å². The van der Waals surface area contributed by atoms with Crippen LogP contribution in [0, 0.1) is 11.8 Å². The van der Waals surface area contributed by atoms with Gasteiger partial charge in [-0.3, -0.25) is 4.79 Å². The molecule has 4 nitrogen and oxygen atoms in total. The van der Waals surface area contributed by atoms with Gasteiger partial charge in [0.2, 0.25) is 5.91 Å². The van der Waals surface area contributed by atoms with Gasteiger partial charge in [-0.2, -0.15) is 0 Å². The Bertz CT molecular complexity index is 537. The van der Waals surface area contributed by atoms with Gasteiger partial charge >= 0.3 is 5.97 Å². The number of carboxylic acid groups (broad SMARTS) is 1. The second kappa shape index (κ2) is 5.65. The van der Waals surface area contributed by atoms with Gasteiger partial charge in [-0.1, -0.05) is 32.9 Å². The number of benzene rings is 1. The first-order valence-electron chi connectivity index (χ1n) is 7.04. The molecule has 0 saturated carbocycles. The summed E-state index contributed by atoms with van der Waals surface area (Å²) in [6, 6.07) is 5.30. The van der Waals surface area contributed by atoms with Gasteiger partial charge in [-0.05, 0) is 29.5 Å². The highest BCUT2D eigenvalue weighted by Gasteiger charge is 2.27. The fourth-order valence-corrected chi connectivity index (χ4v) is 2.57. The Morgan fingerprint density at radius 3 is 2.55 bits per heavy atom. The Kier molecular flexibility index (Phi) is 4.12. The van der Waals surface area contributed by atoms with Crippen molar-refractivity contribution in [1.82, 2.24) is 4.90 Å². The van der Waals surface area contributed by atoms with Crippen molar-refractivity contribution in [3.63, 3.8) is 0 Å². The average molecular weight is 275 g/mol. The molecule has 0 aliphatic carbocycles. The summed E-state index contributed by atoms with van der Waals surface area (Å²) in [5.41, 5.74) is 2.20. The van der Waals surface area contributed by atoms with Crippen LogP contribution in [0.15, 0.2) is 18.2 Å². The zero-order chi connectivity index (χ0) is 14.9. The van der Waals surface area contributed by atoms with E-state index in [4.69, 9.17) is 0 Å². The molecule has 1 unspecified atom stereocenters. The number of carbonyl (C=O) groups is 2. The van der Waals surface area contributed by atoms with Crippen molar-refractivity contribution in [2.45, 2.75) is 33.7 Å². The number of carbonyl (C=O) groups excluding carboxylic acids is 1. The fourth-order valence-electron chi connectivity index (χ4n) is 2.57. The standard InChI is InChI=1S/C16H21NO3/c1-10(2)11(3)15(18)17-8-7-13-12(9-17)5-4-6-14(13)16(19)20/h4-6,10-11H,7-9H2,1-3H3,(H,19,20). The fraction of sp³-hybridized carbons (Fsp3) is 0.500. The second-order valence-corrected chi connectivity index (χ2v) is 5.79. The maximum atomic E-state index is 12.4. The molecule has 4 heteroatoms. The van der Waals surface area contributed by atoms with Crippen LogP contribution in [0.2, 0.25) is 0 Å². The molecular weight excluding hydrogens is 254 g/mol. The highest BCUT2D eigenvalue weighted by molar-refractivity contribution is 5.90. The van der Waals surface area contributed by atoms with Crippen LogP contribution in [-0.4, -0.2) is 28.4 Å². The maximum absolute atomic E-state index is 12.4. The lowest BCUT2D eigenvalue weighted by molar-refractivity contribution is -0.137. The monoisotopic (exact) mass is 275 g/mol. The maximum Gasteiger partial charge on any atom is 0.335 e. The number of hydrogen-bond donors (Lipinski definition) is 1. The van der Waals surface area contributed by atoms with E-state index in [9.17, 15) is 14.7 Å². The molecule has 1 aliphatic rings. The van der Waals surface area contributed by atoms with E-state index in [2.05, 4.69) is 0 Å². The first kappa shape index (κ1) is 14.6. The molecule has 108 valence electrons. The molecule has 1 aliphatic heterocycles. The minimum atomic E-state index is -0.892. The summed E-state index contributed by atoms with van der Waals surface area (Å²) >= 11 is 0. The number of carboxylic acids is 1. The van der Waals surface area contributed by atoms with E-state index in [1.807, 2.05) is 31.7 Å². The molecule has 2 rings (SSSR count). The summed E-state index contributed by atoms with van der Waals surface area (Å²) < 4.78 is 0. The van der Waals surface area contributed by atoms with Gasteiger partial charge in [-0.15, -0.1) is 0 Å². The van der Waals surface area contributed by atoms with Crippen molar-refractivity contribution in [2.24, 2.45) is 11.8 Å². The lowest BCUT2D eigenvalue weighted by Crippen LogP contribution is -2.40. The Morgan fingerprint density at radius 2 is 1.95 bits per heavy atom. The molecule has 1 amide bonds. The van der Waals surface area contributed by atoms with Crippen LogP contribution in [0.3, 0.4) is 0 Å². The van der Waals surface area contributed by atoms with E-state index in [1.165, 1.54) is 0 Å². The molecule has 0 saturated heterocycles. The van der Waals surface area contributed by atoms with E-state index in [1.54, 1.807) is 12.1 Å². The lowest BCUT2D eigenvalue weighted by Gasteiger charge is -2.32. The summed E-state index contributed by atoms with van der Waals surface area (Å²) in [6.45, 7) is 7.17. The quantitative estimate of drug-likeness (QED) is 0.922. The molecule has 1 heterocycles. The van der Waals surface area contributed by atoms with E-state index in [0.29, 0.717) is 31.0 Å². The van der Waals surface area contributed by atoms with Gasteiger partial charge in [0.15, 0.2) is 0 Å². The van der Waals surface area contributed by atoms with Gasteiger partial charge in [0.05, 0.1) is 5.56 Å². The first-order valence-corrected chi connectivity index (χ1v) is 7.04. The van der Waals surface area contributed by atoms with Crippen LogP contribution in [-0.2, 0) is 17.8 Å². The third kappa shape index (κ3) is 2.69. The molecule has 1 N–H and O–H groups in total. The number of aromatic carboxylic acids is 1. The molecule has 0 spiro atoms. The van der Waals surface area contributed by atoms with Gasteiger partial charge in [-0.25, -0.2) is 4.79 Å². The van der Waals surface area contributed by atoms with Gasteiger partial charge in [0.1, 0.15) is 0 Å². The van der Waals surface area contributed by atoms with Crippen molar-refractivity contribution in [3.8, 4) is 0 Å². The van der Waals surface area contributed by atoms with Crippen LogP contribution in [0.4, 0.5) is 0 Å². The Labute approximate surface area is 119 Å². The van der Waals surface area contributed by atoms with Crippen LogP contribution in [0.1, 0.15) is 42.3 Å². The molecule has 0 bridgehead atoms. The zero-order valence-electron chi connectivity index (χ0n) is 12.2. The van der Waals surface area contributed by atoms with Gasteiger partial charge in [0, 0.05) is 19.0 Å². The van der Waals surface area contributed by atoms with E-state index >= 15 is 0 Å². The molecule has 1 atom stereocenters. The molecular formula is C16H21NO3. The van der Waals surface area contributed by atoms with Crippen LogP contribution < -0.4 is 0 Å². The van der Waals surface area contributed by atoms with Crippen LogP contribution in [0.25, 0.3) is 0 Å². The van der Waals surface area contributed by atoms with E-state index in [0.717, 1.165) is 11.1 Å². The third-order valence-electron chi connectivity index (χ3n) is 4.20. The minimum absolute atomic E-state index is 0.000735. The van der Waals surface area contributed by atoms with Crippen molar-refractivity contribution < 1.29 is 14.7 Å². The number of rotatable bonds is 3. The highest BCUT2D eigenvalue weighted by atomic mass is 16.4. The van der Waals surface area contributed by atoms with E-state index < -0.39 is 5.97 Å². The SMILES string of the molecule is CC(C)C(C)C(=O)N1CCc2c(cccc2C(=O)O)C1. The van der Waals surface area contributed by atoms with Crippen LogP contribution in [0.5, 0.6) is 0 Å². The Morgan fingerprint density at radius 1 is 1.25 bits per heavy atom. The molecule has 1 aromatic rings. The zero-order valence-corrected chi connectivity index (χ0v) is 12.2. The Balaban J connectivity index is 2.22. The molecule has 1 aromatic carbocycles. The van der Waals surface area contributed by atoms with Gasteiger partial charge in [0.25, 0.3) is 0 Å².